The lowest BCUT2D eigenvalue weighted by Crippen LogP contribution is -2.05. The van der Waals surface area contributed by atoms with Gasteiger partial charge in [0, 0.05) is 17.1 Å². The number of aromatic carboxylic acids is 1. The van der Waals surface area contributed by atoms with Crippen LogP contribution in [-0.4, -0.2) is 16.1 Å². The number of hydrogen-bond donors (Lipinski definition) is 2. The smallest absolute Gasteiger partial charge is 0.371 e. The van der Waals surface area contributed by atoms with Gasteiger partial charge in [0.25, 0.3) is 0 Å². The molecule has 0 saturated carbocycles. The fourth-order valence-electron chi connectivity index (χ4n) is 1.38. The van der Waals surface area contributed by atoms with Crippen LogP contribution in [0.3, 0.4) is 0 Å². The van der Waals surface area contributed by atoms with Crippen molar-refractivity contribution >= 4 is 23.2 Å². The van der Waals surface area contributed by atoms with Crippen molar-refractivity contribution in [3.05, 3.63) is 34.0 Å². The fraction of sp³-hybridized carbons (Fsp3) is 0.273. The molecule has 0 aromatic carbocycles. The van der Waals surface area contributed by atoms with Crippen LogP contribution in [0.1, 0.15) is 34.2 Å². The van der Waals surface area contributed by atoms with Crippen molar-refractivity contribution in [2.75, 3.05) is 5.32 Å². The zero-order chi connectivity index (χ0) is 12.4. The second kappa shape index (κ2) is 4.58. The number of aromatic nitrogens is 1. The number of carbonyl (C=O) groups is 1. The number of aryl methyl sites for hydroxylation is 1. The third-order valence-corrected chi connectivity index (χ3v) is 3.33. The van der Waals surface area contributed by atoms with Crippen molar-refractivity contribution in [3.63, 3.8) is 0 Å². The second-order valence-corrected chi connectivity index (χ2v) is 4.55. The van der Waals surface area contributed by atoms with Gasteiger partial charge in [-0.3, -0.25) is 0 Å². The summed E-state index contributed by atoms with van der Waals surface area (Å²) in [6, 6.07) is 3.01. The minimum Gasteiger partial charge on any atom is -0.475 e. The quantitative estimate of drug-likeness (QED) is 0.875. The summed E-state index contributed by atoms with van der Waals surface area (Å²) in [6.45, 7) is 3.88. The first-order chi connectivity index (χ1) is 8.06. The number of carboxylic acid groups (broad SMARTS) is 1. The number of rotatable bonds is 4. The molecule has 0 bridgehead atoms. The number of carboxylic acids is 1. The lowest BCUT2D eigenvalue weighted by Gasteiger charge is -2.09. The highest BCUT2D eigenvalue weighted by Gasteiger charge is 2.13. The average molecular weight is 252 g/mol. The van der Waals surface area contributed by atoms with Crippen molar-refractivity contribution in [3.8, 4) is 0 Å². The Bertz CT molecular complexity index is 532. The Morgan fingerprint density at radius 3 is 2.88 bits per heavy atom. The normalized spacial score (nSPS) is 12.4. The first-order valence-corrected chi connectivity index (χ1v) is 5.96. The molecule has 0 radical (unpaired) electrons. The number of hydrogen-bond acceptors (Lipinski definition) is 5. The number of nitrogens with zero attached hydrogens (tertiary/aromatic N) is 1. The summed E-state index contributed by atoms with van der Waals surface area (Å²) < 4.78 is 5.11. The van der Waals surface area contributed by atoms with E-state index in [1.165, 1.54) is 6.07 Å². The maximum atomic E-state index is 10.6. The first-order valence-electron chi connectivity index (χ1n) is 5.08. The van der Waals surface area contributed by atoms with Gasteiger partial charge in [0.2, 0.25) is 5.76 Å². The highest BCUT2D eigenvalue weighted by molar-refractivity contribution is 7.09. The van der Waals surface area contributed by atoms with E-state index < -0.39 is 5.97 Å². The Hall–Kier alpha value is -1.82. The SMILES string of the molecule is Cc1csc(C(C)Nc2ccc(C(=O)O)o2)n1. The lowest BCUT2D eigenvalue weighted by molar-refractivity contribution is 0.0663. The molecule has 2 aromatic rings. The summed E-state index contributed by atoms with van der Waals surface area (Å²) in [5, 5.41) is 14.7. The first kappa shape index (κ1) is 11.7. The molecule has 90 valence electrons. The second-order valence-electron chi connectivity index (χ2n) is 3.66. The highest BCUT2D eigenvalue weighted by atomic mass is 32.1. The summed E-state index contributed by atoms with van der Waals surface area (Å²) in [4.78, 5) is 15.0. The van der Waals surface area contributed by atoms with Gasteiger partial charge in [0.15, 0.2) is 5.88 Å². The zero-order valence-electron chi connectivity index (χ0n) is 9.43. The van der Waals surface area contributed by atoms with E-state index in [1.54, 1.807) is 17.4 Å². The number of furan rings is 1. The van der Waals surface area contributed by atoms with Gasteiger partial charge in [-0.25, -0.2) is 9.78 Å². The van der Waals surface area contributed by atoms with Crippen LogP contribution in [0, 0.1) is 6.92 Å². The van der Waals surface area contributed by atoms with E-state index in [-0.39, 0.29) is 11.8 Å². The molecule has 2 rings (SSSR count). The van der Waals surface area contributed by atoms with Gasteiger partial charge in [0.05, 0.1) is 6.04 Å². The Labute approximate surface area is 102 Å². The average Bonchev–Trinajstić information content (AvgIpc) is 2.86. The lowest BCUT2D eigenvalue weighted by atomic mass is 10.3. The van der Waals surface area contributed by atoms with Gasteiger partial charge in [-0.2, -0.15) is 0 Å². The van der Waals surface area contributed by atoms with Gasteiger partial charge >= 0.3 is 5.97 Å². The zero-order valence-corrected chi connectivity index (χ0v) is 10.2. The standard InChI is InChI=1S/C11H12N2O3S/c1-6-5-17-10(12-6)7(2)13-9-4-3-8(16-9)11(14)15/h3-5,7,13H,1-2H3,(H,14,15). The summed E-state index contributed by atoms with van der Waals surface area (Å²) in [7, 11) is 0. The summed E-state index contributed by atoms with van der Waals surface area (Å²) in [6.07, 6.45) is 0. The van der Waals surface area contributed by atoms with Crippen LogP contribution in [0.4, 0.5) is 5.88 Å². The molecule has 0 aliphatic heterocycles. The third kappa shape index (κ3) is 2.65. The summed E-state index contributed by atoms with van der Waals surface area (Å²) >= 11 is 1.56. The number of anilines is 1. The van der Waals surface area contributed by atoms with Crippen molar-refractivity contribution in [1.82, 2.24) is 4.98 Å². The molecule has 0 fully saturated rings. The minimum atomic E-state index is -1.07. The predicted octanol–water partition coefficient (Wildman–Crippen LogP) is 2.92. The summed E-state index contributed by atoms with van der Waals surface area (Å²) in [5.74, 6) is -0.714. The summed E-state index contributed by atoms with van der Waals surface area (Å²) in [5.41, 5.74) is 0.976. The molecular weight excluding hydrogens is 240 g/mol. The van der Waals surface area contributed by atoms with E-state index in [1.807, 2.05) is 19.2 Å². The van der Waals surface area contributed by atoms with Crippen molar-refractivity contribution in [1.29, 1.82) is 0 Å². The molecule has 0 aliphatic carbocycles. The highest BCUT2D eigenvalue weighted by Crippen LogP contribution is 2.23. The van der Waals surface area contributed by atoms with E-state index in [0.29, 0.717) is 5.88 Å². The van der Waals surface area contributed by atoms with Gasteiger partial charge in [-0.1, -0.05) is 0 Å². The van der Waals surface area contributed by atoms with E-state index in [2.05, 4.69) is 10.3 Å². The molecule has 2 heterocycles. The number of nitrogens with one attached hydrogen (secondary N) is 1. The fourth-order valence-corrected chi connectivity index (χ4v) is 2.18. The van der Waals surface area contributed by atoms with Gasteiger partial charge in [0.1, 0.15) is 5.01 Å². The van der Waals surface area contributed by atoms with Crippen molar-refractivity contribution in [2.24, 2.45) is 0 Å². The van der Waals surface area contributed by atoms with Crippen LogP contribution in [-0.2, 0) is 0 Å². The maximum Gasteiger partial charge on any atom is 0.371 e. The van der Waals surface area contributed by atoms with Crippen LogP contribution in [0.5, 0.6) is 0 Å². The van der Waals surface area contributed by atoms with Gasteiger partial charge in [-0.15, -0.1) is 11.3 Å². The number of thiazole rings is 1. The van der Waals surface area contributed by atoms with Crippen LogP contribution >= 0.6 is 11.3 Å². The Morgan fingerprint density at radius 1 is 1.59 bits per heavy atom. The van der Waals surface area contributed by atoms with Gasteiger partial charge in [-0.05, 0) is 19.9 Å². The van der Waals surface area contributed by atoms with E-state index in [0.717, 1.165) is 10.7 Å². The van der Waals surface area contributed by atoms with Crippen LogP contribution < -0.4 is 5.32 Å². The molecule has 5 nitrogen and oxygen atoms in total. The van der Waals surface area contributed by atoms with Gasteiger partial charge < -0.3 is 14.8 Å². The minimum absolute atomic E-state index is 0.0125. The molecule has 0 spiro atoms. The van der Waals surface area contributed by atoms with Crippen molar-refractivity contribution < 1.29 is 14.3 Å². The molecule has 17 heavy (non-hydrogen) atoms. The Kier molecular flexibility index (Phi) is 3.14. The topological polar surface area (TPSA) is 75.4 Å². The predicted molar refractivity (Wildman–Crippen MR) is 64.6 cm³/mol. The van der Waals surface area contributed by atoms with Crippen LogP contribution in [0.15, 0.2) is 21.9 Å². The van der Waals surface area contributed by atoms with Crippen LogP contribution in [0.2, 0.25) is 0 Å². The maximum absolute atomic E-state index is 10.6. The molecule has 0 amide bonds. The Balaban J connectivity index is 2.07. The van der Waals surface area contributed by atoms with Crippen LogP contribution in [0.25, 0.3) is 0 Å². The van der Waals surface area contributed by atoms with E-state index >= 15 is 0 Å². The molecule has 0 aliphatic rings. The molecule has 0 saturated heterocycles. The molecule has 6 heteroatoms. The Morgan fingerprint density at radius 2 is 2.35 bits per heavy atom. The molecular formula is C11H12N2O3S. The monoisotopic (exact) mass is 252 g/mol. The third-order valence-electron chi connectivity index (χ3n) is 2.18. The largest absolute Gasteiger partial charge is 0.475 e. The van der Waals surface area contributed by atoms with Crippen molar-refractivity contribution in [2.45, 2.75) is 19.9 Å². The van der Waals surface area contributed by atoms with E-state index in [9.17, 15) is 4.79 Å². The molecule has 2 N–H and O–H groups in total. The molecule has 1 unspecified atom stereocenters. The molecule has 1 atom stereocenters. The molecule has 2 aromatic heterocycles. The van der Waals surface area contributed by atoms with E-state index in [4.69, 9.17) is 9.52 Å².